The zero-order valence-electron chi connectivity index (χ0n) is 11.7. The van der Waals surface area contributed by atoms with Crippen LogP contribution in [0.5, 0.6) is 5.75 Å². The van der Waals surface area contributed by atoms with Crippen molar-refractivity contribution >= 4 is 11.4 Å². The van der Waals surface area contributed by atoms with Crippen LogP contribution in [0.2, 0.25) is 0 Å². The van der Waals surface area contributed by atoms with Crippen LogP contribution in [0.15, 0.2) is 18.2 Å². The summed E-state index contributed by atoms with van der Waals surface area (Å²) >= 11 is 0. The van der Waals surface area contributed by atoms with Crippen molar-refractivity contribution in [3.8, 4) is 5.75 Å². The van der Waals surface area contributed by atoms with Crippen LogP contribution in [-0.4, -0.2) is 37.1 Å². The average Bonchev–Trinajstić information content (AvgIpc) is 2.41. The maximum atomic E-state index is 11.0. The van der Waals surface area contributed by atoms with E-state index in [1.165, 1.54) is 13.2 Å². The minimum absolute atomic E-state index is 0.0453. The molecule has 1 aromatic rings. The Hall–Kier alpha value is -1.86. The molecule has 0 bridgehead atoms. The summed E-state index contributed by atoms with van der Waals surface area (Å²) < 4.78 is 16.0. The number of anilines is 1. The molecule has 1 N–H and O–H groups in total. The molecule has 20 heavy (non-hydrogen) atoms. The average molecular weight is 282 g/mol. The third-order valence-corrected chi connectivity index (χ3v) is 3.01. The number of nitro benzene ring substituents is 1. The van der Waals surface area contributed by atoms with E-state index in [0.29, 0.717) is 18.9 Å². The number of benzene rings is 1. The molecule has 2 rings (SSSR count). The normalized spacial score (nSPS) is 18.6. The molecular formula is C13H18N2O5. The molecule has 1 fully saturated rings. The van der Waals surface area contributed by atoms with E-state index in [0.717, 1.165) is 0 Å². The summed E-state index contributed by atoms with van der Waals surface area (Å²) in [5.41, 5.74) is 0.560. The minimum atomic E-state index is -0.579. The molecule has 0 saturated carbocycles. The first-order chi connectivity index (χ1) is 9.41. The summed E-state index contributed by atoms with van der Waals surface area (Å²) in [6, 6.07) is 4.69. The molecule has 0 atom stereocenters. The molecule has 110 valence electrons. The van der Waals surface area contributed by atoms with E-state index >= 15 is 0 Å². The fourth-order valence-electron chi connectivity index (χ4n) is 1.93. The molecule has 1 aliphatic rings. The number of nitrogens with zero attached hydrogens (tertiary/aromatic N) is 1. The van der Waals surface area contributed by atoms with Gasteiger partial charge in [-0.25, -0.2) is 0 Å². The largest absolute Gasteiger partial charge is 0.490 e. The predicted molar refractivity (Wildman–Crippen MR) is 73.0 cm³/mol. The summed E-state index contributed by atoms with van der Waals surface area (Å²) in [5.74, 6) is -0.345. The molecule has 1 heterocycles. The molecule has 0 unspecified atom stereocenters. The van der Waals surface area contributed by atoms with E-state index in [4.69, 9.17) is 14.2 Å². The lowest BCUT2D eigenvalue weighted by atomic mass is 10.2. The number of hydrogen-bond acceptors (Lipinski definition) is 6. The van der Waals surface area contributed by atoms with Gasteiger partial charge in [-0.2, -0.15) is 0 Å². The van der Waals surface area contributed by atoms with E-state index < -0.39 is 10.7 Å². The van der Waals surface area contributed by atoms with Gasteiger partial charge in [-0.1, -0.05) is 0 Å². The molecule has 0 spiro atoms. The van der Waals surface area contributed by atoms with Crippen molar-refractivity contribution in [2.24, 2.45) is 0 Å². The summed E-state index contributed by atoms with van der Waals surface area (Å²) in [7, 11) is 1.40. The highest BCUT2D eigenvalue weighted by Crippen LogP contribution is 2.30. The Kier molecular flexibility index (Phi) is 4.10. The molecule has 0 amide bonds. The van der Waals surface area contributed by atoms with E-state index in [2.05, 4.69) is 5.32 Å². The molecule has 7 heteroatoms. The first-order valence-corrected chi connectivity index (χ1v) is 6.28. The lowest BCUT2D eigenvalue weighted by Gasteiger charge is -2.35. The zero-order chi connectivity index (χ0) is 14.8. The van der Waals surface area contributed by atoms with Crippen LogP contribution in [0, 0.1) is 10.1 Å². The third-order valence-electron chi connectivity index (χ3n) is 3.01. The fraction of sp³-hybridized carbons (Fsp3) is 0.538. The van der Waals surface area contributed by atoms with Crippen molar-refractivity contribution in [1.29, 1.82) is 0 Å². The van der Waals surface area contributed by atoms with Crippen LogP contribution in [-0.2, 0) is 9.47 Å². The molecular weight excluding hydrogens is 264 g/mol. The maximum Gasteiger partial charge on any atom is 0.312 e. The Balaban J connectivity index is 2.07. The van der Waals surface area contributed by atoms with E-state index in [9.17, 15) is 10.1 Å². The van der Waals surface area contributed by atoms with Gasteiger partial charge in [0.25, 0.3) is 0 Å². The van der Waals surface area contributed by atoms with Gasteiger partial charge in [-0.3, -0.25) is 10.1 Å². The Morgan fingerprint density at radius 1 is 1.40 bits per heavy atom. The van der Waals surface area contributed by atoms with Gasteiger partial charge in [0.2, 0.25) is 0 Å². The van der Waals surface area contributed by atoms with Crippen LogP contribution >= 0.6 is 0 Å². The van der Waals surface area contributed by atoms with E-state index in [1.807, 2.05) is 13.8 Å². The zero-order valence-corrected chi connectivity index (χ0v) is 11.7. The van der Waals surface area contributed by atoms with Gasteiger partial charge in [0, 0.05) is 11.8 Å². The Labute approximate surface area is 117 Å². The van der Waals surface area contributed by atoms with Gasteiger partial charge < -0.3 is 19.5 Å². The standard InChI is InChI=1S/C13H18N2O5/c1-13(2)19-7-10(8-20-13)14-9-4-5-12(18-3)11(6-9)15(16)17/h4-6,10,14H,7-8H2,1-3H3. The molecule has 7 nitrogen and oxygen atoms in total. The maximum absolute atomic E-state index is 11.0. The van der Waals surface area contributed by atoms with Crippen LogP contribution in [0.1, 0.15) is 13.8 Å². The van der Waals surface area contributed by atoms with Gasteiger partial charge in [-0.05, 0) is 26.0 Å². The van der Waals surface area contributed by atoms with Crippen LogP contribution < -0.4 is 10.1 Å². The van der Waals surface area contributed by atoms with E-state index in [1.54, 1.807) is 12.1 Å². The summed E-state index contributed by atoms with van der Waals surface area (Å²) in [6.45, 7) is 4.66. The van der Waals surface area contributed by atoms with Crippen molar-refractivity contribution < 1.29 is 19.1 Å². The Morgan fingerprint density at radius 2 is 2.05 bits per heavy atom. The second-order valence-electron chi connectivity index (χ2n) is 5.01. The van der Waals surface area contributed by atoms with Gasteiger partial charge in [0.15, 0.2) is 11.5 Å². The SMILES string of the molecule is COc1ccc(NC2COC(C)(C)OC2)cc1[N+](=O)[O-]. The highest BCUT2D eigenvalue weighted by molar-refractivity contribution is 5.58. The highest BCUT2D eigenvalue weighted by Gasteiger charge is 2.28. The van der Waals surface area contributed by atoms with Gasteiger partial charge in [-0.15, -0.1) is 0 Å². The lowest BCUT2D eigenvalue weighted by Crippen LogP contribution is -2.45. The molecule has 1 saturated heterocycles. The summed E-state index contributed by atoms with van der Waals surface area (Å²) in [4.78, 5) is 10.5. The van der Waals surface area contributed by atoms with Crippen molar-refractivity contribution in [3.63, 3.8) is 0 Å². The van der Waals surface area contributed by atoms with Gasteiger partial charge in [0.05, 0.1) is 31.3 Å². The predicted octanol–water partition coefficient (Wildman–Crippen LogP) is 2.17. The van der Waals surface area contributed by atoms with Gasteiger partial charge in [0.1, 0.15) is 0 Å². The number of methoxy groups -OCH3 is 1. The molecule has 0 radical (unpaired) electrons. The third kappa shape index (κ3) is 3.37. The number of ether oxygens (including phenoxy) is 3. The first kappa shape index (κ1) is 14.5. The number of nitrogens with one attached hydrogen (secondary N) is 1. The second kappa shape index (κ2) is 5.64. The minimum Gasteiger partial charge on any atom is -0.490 e. The Morgan fingerprint density at radius 3 is 2.60 bits per heavy atom. The topological polar surface area (TPSA) is 82.9 Å². The summed E-state index contributed by atoms with van der Waals surface area (Å²) in [6.07, 6.45) is 0. The smallest absolute Gasteiger partial charge is 0.312 e. The monoisotopic (exact) mass is 282 g/mol. The van der Waals surface area contributed by atoms with Crippen molar-refractivity contribution in [2.45, 2.75) is 25.7 Å². The van der Waals surface area contributed by atoms with Crippen molar-refractivity contribution in [3.05, 3.63) is 28.3 Å². The first-order valence-electron chi connectivity index (χ1n) is 6.28. The van der Waals surface area contributed by atoms with Crippen LogP contribution in [0.25, 0.3) is 0 Å². The van der Waals surface area contributed by atoms with Crippen molar-refractivity contribution in [2.75, 3.05) is 25.6 Å². The van der Waals surface area contributed by atoms with Crippen LogP contribution in [0.3, 0.4) is 0 Å². The van der Waals surface area contributed by atoms with Gasteiger partial charge >= 0.3 is 5.69 Å². The van der Waals surface area contributed by atoms with Crippen molar-refractivity contribution in [1.82, 2.24) is 0 Å². The van der Waals surface area contributed by atoms with Crippen LogP contribution in [0.4, 0.5) is 11.4 Å². The molecule has 1 aromatic carbocycles. The molecule has 0 aliphatic carbocycles. The quantitative estimate of drug-likeness (QED) is 0.673. The Bertz CT molecular complexity index is 494. The lowest BCUT2D eigenvalue weighted by molar-refractivity contribution is -0.385. The number of rotatable bonds is 4. The number of nitro groups is 1. The highest BCUT2D eigenvalue weighted by atomic mass is 16.7. The summed E-state index contributed by atoms with van der Waals surface area (Å²) in [5, 5.41) is 14.1. The fourth-order valence-corrected chi connectivity index (χ4v) is 1.93. The molecule has 0 aromatic heterocycles. The molecule has 1 aliphatic heterocycles. The van der Waals surface area contributed by atoms with E-state index in [-0.39, 0.29) is 17.5 Å². The second-order valence-corrected chi connectivity index (χ2v) is 5.01. The number of hydrogen-bond donors (Lipinski definition) is 1.